The van der Waals surface area contributed by atoms with Gasteiger partial charge >= 0.3 is 0 Å². The van der Waals surface area contributed by atoms with Crippen LogP contribution in [0.1, 0.15) is 10.4 Å². The largest absolute Gasteiger partial charge is 0.496 e. The minimum atomic E-state index is -0.295. The number of fused-ring (bicyclic) bond motifs is 2. The van der Waals surface area contributed by atoms with Crippen LogP contribution in [0.15, 0.2) is 64.1 Å². The average molecular weight is 487 g/mol. The number of hydrogen-bond acceptors (Lipinski definition) is 4. The van der Waals surface area contributed by atoms with Gasteiger partial charge in [-0.3, -0.25) is 4.79 Å². The summed E-state index contributed by atoms with van der Waals surface area (Å²) in [5.41, 5.74) is 1.56. The molecule has 1 aromatic heterocycles. The van der Waals surface area contributed by atoms with Crippen LogP contribution < -0.4 is 9.54 Å². The van der Waals surface area contributed by atoms with E-state index in [0.29, 0.717) is 16.1 Å². The maximum absolute atomic E-state index is 13.1. The van der Waals surface area contributed by atoms with Crippen LogP contribution in [-0.4, -0.2) is 29.6 Å². The molecule has 0 atom stereocenters. The number of rotatable bonds is 5. The molecule has 0 aliphatic heterocycles. The third-order valence-corrected chi connectivity index (χ3v) is 6.78. The van der Waals surface area contributed by atoms with E-state index in [0.717, 1.165) is 37.8 Å². The van der Waals surface area contributed by atoms with E-state index in [9.17, 15) is 4.79 Å². The summed E-state index contributed by atoms with van der Waals surface area (Å²) in [4.78, 5) is 18.3. The van der Waals surface area contributed by atoms with E-state index in [-0.39, 0.29) is 5.91 Å². The molecule has 0 saturated carbocycles. The van der Waals surface area contributed by atoms with Gasteiger partial charge in [0.25, 0.3) is 5.91 Å². The number of carbonyl (C=O) groups is 1. The maximum atomic E-state index is 13.1. The first-order valence-corrected chi connectivity index (χ1v) is 12.0. The van der Waals surface area contributed by atoms with Crippen molar-refractivity contribution in [2.75, 3.05) is 19.1 Å². The highest BCUT2D eigenvalue weighted by atomic mass is 79.9. The monoisotopic (exact) mass is 486 g/mol. The first kappa shape index (κ1) is 20.2. The number of aromatic nitrogens is 1. The van der Waals surface area contributed by atoms with Crippen molar-refractivity contribution in [3.8, 4) is 5.75 Å². The molecule has 29 heavy (non-hydrogen) atoms. The van der Waals surface area contributed by atoms with Gasteiger partial charge in [-0.05, 0) is 47.4 Å². The average Bonchev–Trinajstić information content (AvgIpc) is 3.06. The molecular formula is C22H19BrN2O2S2. The van der Waals surface area contributed by atoms with Gasteiger partial charge in [-0.15, -0.1) is 0 Å². The highest BCUT2D eigenvalue weighted by Gasteiger charge is 2.15. The van der Waals surface area contributed by atoms with E-state index in [1.807, 2.05) is 42.5 Å². The zero-order chi connectivity index (χ0) is 20.4. The molecule has 148 valence electrons. The van der Waals surface area contributed by atoms with E-state index in [1.165, 1.54) is 11.3 Å². The molecule has 0 aliphatic carbocycles. The Morgan fingerprint density at radius 1 is 1.17 bits per heavy atom. The first-order chi connectivity index (χ1) is 14.1. The number of aryl methyl sites for hydroxylation is 1. The van der Waals surface area contributed by atoms with Crippen LogP contribution in [0.5, 0.6) is 5.75 Å². The fraction of sp³-hybridized carbons (Fsp3) is 0.182. The van der Waals surface area contributed by atoms with Gasteiger partial charge in [0, 0.05) is 16.8 Å². The molecule has 0 fully saturated rings. The highest BCUT2D eigenvalue weighted by Crippen LogP contribution is 2.27. The predicted octanol–water partition coefficient (Wildman–Crippen LogP) is 5.73. The van der Waals surface area contributed by atoms with Gasteiger partial charge in [-0.25, -0.2) is 0 Å². The summed E-state index contributed by atoms with van der Waals surface area (Å²) in [6, 6.07) is 17.8. The fourth-order valence-corrected chi connectivity index (χ4v) is 5.21. The second-order valence-electron chi connectivity index (χ2n) is 6.46. The first-order valence-electron chi connectivity index (χ1n) is 9.04. The molecule has 4 nitrogen and oxygen atoms in total. The van der Waals surface area contributed by atoms with Gasteiger partial charge in [-0.2, -0.15) is 16.8 Å². The van der Waals surface area contributed by atoms with Crippen molar-refractivity contribution >= 4 is 65.9 Å². The summed E-state index contributed by atoms with van der Waals surface area (Å²) >= 11 is 6.82. The van der Waals surface area contributed by atoms with E-state index in [4.69, 9.17) is 4.74 Å². The number of thioether (sulfide) groups is 1. The van der Waals surface area contributed by atoms with Crippen molar-refractivity contribution in [3.05, 3.63) is 69.4 Å². The van der Waals surface area contributed by atoms with E-state index in [1.54, 1.807) is 18.9 Å². The van der Waals surface area contributed by atoms with E-state index in [2.05, 4.69) is 43.9 Å². The Kier molecular flexibility index (Phi) is 6.08. The lowest BCUT2D eigenvalue weighted by molar-refractivity contribution is 0.0995. The molecule has 0 spiro atoms. The molecule has 4 rings (SSSR count). The molecule has 0 unspecified atom stereocenters. The van der Waals surface area contributed by atoms with Crippen LogP contribution >= 0.6 is 39.0 Å². The van der Waals surface area contributed by atoms with Crippen molar-refractivity contribution in [1.82, 2.24) is 4.57 Å². The summed E-state index contributed by atoms with van der Waals surface area (Å²) < 4.78 is 9.71. The number of benzene rings is 3. The van der Waals surface area contributed by atoms with Gasteiger partial charge in [0.05, 0.1) is 22.9 Å². The van der Waals surface area contributed by atoms with Gasteiger partial charge in [0.2, 0.25) is 0 Å². The lowest BCUT2D eigenvalue weighted by atomic mass is 10.1. The SMILES string of the molecule is COc1cc2ccccc2cc1C(=O)N=c1sc2cc(Br)ccc2n1CCSC. The van der Waals surface area contributed by atoms with Crippen molar-refractivity contribution in [3.63, 3.8) is 0 Å². The Bertz CT molecular complexity index is 1280. The number of nitrogens with zero attached hydrogens (tertiary/aromatic N) is 2. The van der Waals surface area contributed by atoms with Crippen LogP contribution in [0.3, 0.4) is 0 Å². The molecule has 0 N–H and O–H groups in total. The molecule has 4 aromatic rings. The van der Waals surface area contributed by atoms with Gasteiger partial charge in [-0.1, -0.05) is 51.5 Å². The number of hydrogen-bond donors (Lipinski definition) is 0. The Hall–Kier alpha value is -2.09. The van der Waals surface area contributed by atoms with Crippen LogP contribution in [0.2, 0.25) is 0 Å². The normalized spacial score (nSPS) is 12.0. The lowest BCUT2D eigenvalue weighted by Crippen LogP contribution is -2.18. The lowest BCUT2D eigenvalue weighted by Gasteiger charge is -2.08. The third kappa shape index (κ3) is 4.13. The minimum Gasteiger partial charge on any atom is -0.496 e. The van der Waals surface area contributed by atoms with Gasteiger partial charge < -0.3 is 9.30 Å². The molecule has 7 heteroatoms. The maximum Gasteiger partial charge on any atom is 0.283 e. The Morgan fingerprint density at radius 2 is 1.93 bits per heavy atom. The predicted molar refractivity (Wildman–Crippen MR) is 126 cm³/mol. The zero-order valence-corrected chi connectivity index (χ0v) is 19.2. The third-order valence-electron chi connectivity index (χ3n) is 4.66. The van der Waals surface area contributed by atoms with Crippen LogP contribution in [0, 0.1) is 0 Å². The fourth-order valence-electron chi connectivity index (χ4n) is 3.23. The summed E-state index contributed by atoms with van der Waals surface area (Å²) in [7, 11) is 1.58. The highest BCUT2D eigenvalue weighted by molar-refractivity contribution is 9.10. The molecule has 1 heterocycles. The topological polar surface area (TPSA) is 43.6 Å². The van der Waals surface area contributed by atoms with Crippen molar-refractivity contribution in [2.45, 2.75) is 6.54 Å². The van der Waals surface area contributed by atoms with Crippen molar-refractivity contribution in [1.29, 1.82) is 0 Å². The molecule has 0 aliphatic rings. The molecule has 0 radical (unpaired) electrons. The number of halogens is 1. The number of methoxy groups -OCH3 is 1. The Morgan fingerprint density at radius 3 is 2.66 bits per heavy atom. The standard InChI is InChI=1S/C22H19BrN2O2S2/c1-27-19-12-15-6-4-3-5-14(15)11-17(19)21(26)24-22-25(9-10-28-2)18-8-7-16(23)13-20(18)29-22/h3-8,11-13H,9-10H2,1-2H3. The Balaban J connectivity index is 1.86. The molecule has 0 saturated heterocycles. The molecule has 3 aromatic carbocycles. The minimum absolute atomic E-state index is 0.295. The summed E-state index contributed by atoms with van der Waals surface area (Å²) in [5.74, 6) is 1.19. The molecule has 1 amide bonds. The van der Waals surface area contributed by atoms with Crippen LogP contribution in [0.25, 0.3) is 21.0 Å². The van der Waals surface area contributed by atoms with E-state index >= 15 is 0 Å². The number of amides is 1. The smallest absolute Gasteiger partial charge is 0.283 e. The van der Waals surface area contributed by atoms with Crippen molar-refractivity contribution in [2.24, 2.45) is 4.99 Å². The van der Waals surface area contributed by atoms with Gasteiger partial charge in [0.1, 0.15) is 5.75 Å². The summed E-state index contributed by atoms with van der Waals surface area (Å²) in [5, 5.41) is 2.02. The van der Waals surface area contributed by atoms with Crippen LogP contribution in [-0.2, 0) is 6.54 Å². The molecular weight excluding hydrogens is 468 g/mol. The number of ether oxygens (including phenoxy) is 1. The molecule has 0 bridgehead atoms. The number of carbonyl (C=O) groups excluding carboxylic acids is 1. The Labute approximate surface area is 185 Å². The van der Waals surface area contributed by atoms with Crippen LogP contribution in [0.4, 0.5) is 0 Å². The summed E-state index contributed by atoms with van der Waals surface area (Å²) in [6.07, 6.45) is 2.08. The second kappa shape index (κ2) is 8.73. The van der Waals surface area contributed by atoms with Crippen molar-refractivity contribution < 1.29 is 9.53 Å². The zero-order valence-electron chi connectivity index (χ0n) is 16.0. The summed E-state index contributed by atoms with van der Waals surface area (Å²) in [6.45, 7) is 0.795. The van der Waals surface area contributed by atoms with Gasteiger partial charge in [0.15, 0.2) is 4.80 Å². The second-order valence-corrected chi connectivity index (χ2v) is 9.37. The quantitative estimate of drug-likeness (QED) is 0.361. The van der Waals surface area contributed by atoms with E-state index < -0.39 is 0 Å². The number of thiazole rings is 1.